The molecule has 1 aromatic carbocycles. The smallest absolute Gasteiger partial charge is 0.177 e. The van der Waals surface area contributed by atoms with Gasteiger partial charge in [0.1, 0.15) is 5.82 Å². The Hall–Kier alpha value is 0.0700. The SMILES string of the molecule is O=C(CBr)c1c(Cl)ccc(Br)c1F. The van der Waals surface area contributed by atoms with E-state index in [1.54, 1.807) is 0 Å². The van der Waals surface area contributed by atoms with Crippen LogP contribution in [0.3, 0.4) is 0 Å². The molecule has 0 N–H and O–H groups in total. The van der Waals surface area contributed by atoms with Gasteiger partial charge in [-0.2, -0.15) is 0 Å². The molecular formula is C8H4Br2ClFO. The maximum Gasteiger partial charge on any atom is 0.177 e. The highest BCUT2D eigenvalue weighted by atomic mass is 79.9. The highest BCUT2D eigenvalue weighted by molar-refractivity contribution is 9.10. The molecular weight excluding hydrogens is 326 g/mol. The number of halogens is 4. The Morgan fingerprint density at radius 2 is 2.15 bits per heavy atom. The van der Waals surface area contributed by atoms with Gasteiger partial charge in [-0.15, -0.1) is 0 Å². The second-order valence-electron chi connectivity index (χ2n) is 2.27. The van der Waals surface area contributed by atoms with Crippen molar-refractivity contribution >= 4 is 49.2 Å². The van der Waals surface area contributed by atoms with Crippen molar-refractivity contribution in [3.63, 3.8) is 0 Å². The molecule has 1 rings (SSSR count). The maximum absolute atomic E-state index is 13.3. The van der Waals surface area contributed by atoms with Crippen LogP contribution in [0.15, 0.2) is 16.6 Å². The largest absolute Gasteiger partial charge is 0.293 e. The van der Waals surface area contributed by atoms with Gasteiger partial charge >= 0.3 is 0 Å². The van der Waals surface area contributed by atoms with Gasteiger partial charge in [-0.05, 0) is 28.1 Å². The molecule has 1 aromatic rings. The Balaban J connectivity index is 3.33. The van der Waals surface area contributed by atoms with Crippen LogP contribution in [0.2, 0.25) is 5.02 Å². The lowest BCUT2D eigenvalue weighted by molar-refractivity contribution is 0.102. The van der Waals surface area contributed by atoms with Crippen molar-refractivity contribution in [2.45, 2.75) is 0 Å². The van der Waals surface area contributed by atoms with E-state index in [1.165, 1.54) is 12.1 Å². The summed E-state index contributed by atoms with van der Waals surface area (Å²) >= 11 is 11.6. The first-order valence-corrected chi connectivity index (χ1v) is 5.60. The Kier molecular flexibility index (Phi) is 3.88. The normalized spacial score (nSPS) is 10.2. The Bertz CT molecular complexity index is 354. The molecule has 70 valence electrons. The van der Waals surface area contributed by atoms with Crippen LogP contribution in [0.1, 0.15) is 10.4 Å². The van der Waals surface area contributed by atoms with Crippen molar-refractivity contribution in [3.8, 4) is 0 Å². The summed E-state index contributed by atoms with van der Waals surface area (Å²) in [5.41, 5.74) is -0.0760. The van der Waals surface area contributed by atoms with Crippen LogP contribution in [0.25, 0.3) is 0 Å². The predicted molar refractivity (Wildman–Crippen MR) is 57.2 cm³/mol. The molecule has 0 aliphatic carbocycles. The van der Waals surface area contributed by atoms with Gasteiger partial charge in [0.25, 0.3) is 0 Å². The van der Waals surface area contributed by atoms with Crippen LogP contribution >= 0.6 is 43.5 Å². The molecule has 0 aliphatic heterocycles. The standard InChI is InChI=1S/C8H4Br2ClFO/c9-3-6(13)7-5(11)2-1-4(10)8(7)12/h1-2H,3H2. The van der Waals surface area contributed by atoms with Crippen molar-refractivity contribution in [1.82, 2.24) is 0 Å². The summed E-state index contributed by atoms with van der Waals surface area (Å²) in [4.78, 5) is 11.2. The van der Waals surface area contributed by atoms with Crippen LogP contribution in [-0.2, 0) is 0 Å². The molecule has 0 spiro atoms. The third-order valence-electron chi connectivity index (χ3n) is 1.44. The molecule has 0 amide bonds. The number of hydrogen-bond acceptors (Lipinski definition) is 1. The molecule has 0 unspecified atom stereocenters. The summed E-state index contributed by atoms with van der Waals surface area (Å²) in [7, 11) is 0. The third-order valence-corrected chi connectivity index (χ3v) is 2.88. The van der Waals surface area contributed by atoms with Crippen molar-refractivity contribution in [2.75, 3.05) is 5.33 Å². The van der Waals surface area contributed by atoms with Crippen molar-refractivity contribution < 1.29 is 9.18 Å². The highest BCUT2D eigenvalue weighted by Crippen LogP contribution is 2.26. The minimum Gasteiger partial charge on any atom is -0.293 e. The summed E-state index contributed by atoms with van der Waals surface area (Å²) in [6, 6.07) is 2.94. The zero-order valence-electron chi connectivity index (χ0n) is 6.28. The number of Topliss-reactive ketones (excluding diaryl/α,β-unsaturated/α-hetero) is 1. The van der Waals surface area contributed by atoms with E-state index >= 15 is 0 Å². The minimum atomic E-state index is -0.614. The van der Waals surface area contributed by atoms with E-state index in [4.69, 9.17) is 11.6 Å². The monoisotopic (exact) mass is 328 g/mol. The third kappa shape index (κ3) is 2.30. The zero-order valence-corrected chi connectivity index (χ0v) is 10.2. The molecule has 1 nitrogen and oxygen atoms in total. The molecule has 0 aromatic heterocycles. The molecule has 0 fully saturated rings. The van der Waals surface area contributed by atoms with Crippen molar-refractivity contribution in [2.24, 2.45) is 0 Å². The van der Waals surface area contributed by atoms with Crippen LogP contribution in [-0.4, -0.2) is 11.1 Å². The van der Waals surface area contributed by atoms with Crippen LogP contribution in [0, 0.1) is 5.82 Å². The molecule has 13 heavy (non-hydrogen) atoms. The molecule has 0 radical (unpaired) electrons. The van der Waals surface area contributed by atoms with Gasteiger partial charge in [-0.1, -0.05) is 27.5 Å². The lowest BCUT2D eigenvalue weighted by atomic mass is 10.1. The van der Waals surface area contributed by atoms with Gasteiger partial charge in [-0.25, -0.2) is 4.39 Å². The summed E-state index contributed by atoms with van der Waals surface area (Å²) in [5.74, 6) is -0.985. The summed E-state index contributed by atoms with van der Waals surface area (Å²) < 4.78 is 13.6. The second-order valence-corrected chi connectivity index (χ2v) is 4.10. The minimum absolute atomic E-state index is 0.0556. The summed E-state index contributed by atoms with van der Waals surface area (Å²) in [5, 5.41) is 0.185. The van der Waals surface area contributed by atoms with E-state index in [0.717, 1.165) is 0 Å². The topological polar surface area (TPSA) is 17.1 Å². The lowest BCUT2D eigenvalue weighted by Crippen LogP contribution is -2.04. The van der Waals surface area contributed by atoms with E-state index in [-0.39, 0.29) is 26.2 Å². The molecule has 5 heteroatoms. The van der Waals surface area contributed by atoms with Gasteiger partial charge in [0.2, 0.25) is 0 Å². The molecule has 0 heterocycles. The quantitative estimate of drug-likeness (QED) is 0.458. The lowest BCUT2D eigenvalue weighted by Gasteiger charge is -2.03. The fraction of sp³-hybridized carbons (Fsp3) is 0.125. The fourth-order valence-electron chi connectivity index (χ4n) is 0.849. The molecule has 0 bridgehead atoms. The number of benzene rings is 1. The van der Waals surface area contributed by atoms with Gasteiger partial charge in [-0.3, -0.25) is 4.79 Å². The number of carbonyl (C=O) groups is 1. The van der Waals surface area contributed by atoms with Crippen molar-refractivity contribution in [1.29, 1.82) is 0 Å². The maximum atomic E-state index is 13.3. The molecule has 0 saturated heterocycles. The number of carbonyl (C=O) groups excluding carboxylic acids is 1. The van der Waals surface area contributed by atoms with E-state index in [1.807, 2.05) is 0 Å². The first-order valence-electron chi connectivity index (χ1n) is 3.30. The van der Waals surface area contributed by atoms with Crippen molar-refractivity contribution in [3.05, 3.63) is 33.0 Å². The Morgan fingerprint density at radius 1 is 1.54 bits per heavy atom. The first kappa shape index (κ1) is 11.1. The van der Waals surface area contributed by atoms with Crippen LogP contribution < -0.4 is 0 Å². The van der Waals surface area contributed by atoms with E-state index in [0.29, 0.717) is 0 Å². The van der Waals surface area contributed by atoms with E-state index in [9.17, 15) is 9.18 Å². The van der Waals surface area contributed by atoms with Gasteiger partial charge < -0.3 is 0 Å². The number of hydrogen-bond donors (Lipinski definition) is 0. The number of rotatable bonds is 2. The predicted octanol–water partition coefficient (Wildman–Crippen LogP) is 3.82. The van der Waals surface area contributed by atoms with Gasteiger partial charge in [0.05, 0.1) is 20.4 Å². The van der Waals surface area contributed by atoms with E-state index < -0.39 is 5.82 Å². The highest BCUT2D eigenvalue weighted by Gasteiger charge is 2.16. The summed E-state index contributed by atoms with van der Waals surface area (Å²) in [6.45, 7) is 0. The Morgan fingerprint density at radius 3 is 2.69 bits per heavy atom. The Labute approximate surface area is 96.5 Å². The molecule has 0 aliphatic rings. The fourth-order valence-corrected chi connectivity index (χ4v) is 1.71. The average molecular weight is 330 g/mol. The van der Waals surface area contributed by atoms with Gasteiger partial charge in [0, 0.05) is 0 Å². The van der Waals surface area contributed by atoms with Crippen LogP contribution in [0.5, 0.6) is 0 Å². The number of ketones is 1. The summed E-state index contributed by atoms with van der Waals surface area (Å²) in [6.07, 6.45) is 0. The zero-order chi connectivity index (χ0) is 10.0. The first-order chi connectivity index (χ1) is 6.07. The number of alkyl halides is 1. The molecule has 0 saturated carbocycles. The van der Waals surface area contributed by atoms with E-state index in [2.05, 4.69) is 31.9 Å². The average Bonchev–Trinajstić information content (AvgIpc) is 2.12. The van der Waals surface area contributed by atoms with Gasteiger partial charge in [0.15, 0.2) is 5.78 Å². The second kappa shape index (κ2) is 4.53. The molecule has 0 atom stereocenters. The van der Waals surface area contributed by atoms with Crippen LogP contribution in [0.4, 0.5) is 4.39 Å².